The smallest absolute Gasteiger partial charge is 0.232 e. The van der Waals surface area contributed by atoms with E-state index in [4.69, 9.17) is 18.9 Å². The summed E-state index contributed by atoms with van der Waals surface area (Å²) in [6, 6.07) is -0.657. The van der Waals surface area contributed by atoms with Crippen LogP contribution >= 0.6 is 0 Å². The molecule has 14 nitrogen and oxygen atoms in total. The molecular formula is C29H50N4O10. The molecule has 1 unspecified atom stereocenters. The average molecular weight is 615 g/mol. The van der Waals surface area contributed by atoms with Gasteiger partial charge in [-0.3, -0.25) is 33.7 Å². The highest BCUT2D eigenvalue weighted by Gasteiger charge is 2.35. The first kappa shape index (κ1) is 38.1. The molecule has 0 aromatic rings. The number of hydrogen-bond donors (Lipinski definition) is 3. The first-order chi connectivity index (χ1) is 20.5. The van der Waals surface area contributed by atoms with Gasteiger partial charge in [-0.15, -0.1) is 0 Å². The third-order valence-electron chi connectivity index (χ3n) is 6.72. The summed E-state index contributed by atoms with van der Waals surface area (Å²) >= 11 is 0. The fourth-order valence-electron chi connectivity index (χ4n) is 4.21. The van der Waals surface area contributed by atoms with Crippen LogP contribution < -0.4 is 16.0 Å². The molecule has 0 aromatic heterocycles. The first-order valence-corrected chi connectivity index (χ1v) is 14.9. The van der Waals surface area contributed by atoms with Crippen LogP contribution in [0.2, 0.25) is 0 Å². The summed E-state index contributed by atoms with van der Waals surface area (Å²) in [6.45, 7) is 10.1. The van der Waals surface area contributed by atoms with Crippen LogP contribution in [0.1, 0.15) is 53.4 Å². The number of ether oxygens (including phenoxy) is 4. The maximum Gasteiger partial charge on any atom is 0.232 e. The molecule has 246 valence electrons. The van der Waals surface area contributed by atoms with Crippen LogP contribution in [0, 0.1) is 17.8 Å². The highest BCUT2D eigenvalue weighted by molar-refractivity contribution is 6.03. The molecule has 1 rings (SSSR count). The van der Waals surface area contributed by atoms with Crippen molar-refractivity contribution in [2.24, 2.45) is 17.8 Å². The number of nitrogens with zero attached hydrogens (tertiary/aromatic N) is 1. The molecular weight excluding hydrogens is 564 g/mol. The molecule has 1 fully saturated rings. The lowest BCUT2D eigenvalue weighted by Crippen LogP contribution is -2.45. The molecule has 0 bridgehead atoms. The molecule has 1 aliphatic heterocycles. The Labute approximate surface area is 254 Å². The fourth-order valence-corrected chi connectivity index (χ4v) is 4.21. The van der Waals surface area contributed by atoms with Crippen LogP contribution in [0.4, 0.5) is 0 Å². The minimum Gasteiger partial charge on any atom is -0.379 e. The van der Waals surface area contributed by atoms with E-state index in [2.05, 4.69) is 16.0 Å². The molecule has 0 aromatic carbocycles. The van der Waals surface area contributed by atoms with E-state index < -0.39 is 12.0 Å². The number of nitrogens with one attached hydrogen (secondary N) is 3. The summed E-state index contributed by atoms with van der Waals surface area (Å²) < 4.78 is 21.7. The van der Waals surface area contributed by atoms with Gasteiger partial charge in [0.2, 0.25) is 29.5 Å². The van der Waals surface area contributed by atoms with Gasteiger partial charge in [-0.1, -0.05) is 27.7 Å². The predicted molar refractivity (Wildman–Crippen MR) is 156 cm³/mol. The standard InChI is InChI=1S/C29H50N4O10/c1-20(2)27(23(34)18-21(3)28(38)30-5)32-25(36)7-10-40-12-14-42-16-17-43-15-13-41-11-8-31-24(35)6-9-33-26(37)19-22(4)29(33)39/h20-22,27H,6-19H2,1-5H3,(H,30,38)(H,31,35)(H,32,36)/t21-,22?,27+/m1/s1. The number of hydrogen-bond acceptors (Lipinski definition) is 10. The fraction of sp³-hybridized carbons (Fsp3) is 0.793. The number of carbonyl (C=O) groups excluding carboxylic acids is 6. The second-order valence-corrected chi connectivity index (χ2v) is 10.8. The number of rotatable bonds is 24. The van der Waals surface area contributed by atoms with Crippen molar-refractivity contribution in [2.75, 3.05) is 73.0 Å². The van der Waals surface area contributed by atoms with Crippen molar-refractivity contribution < 1.29 is 47.7 Å². The zero-order valence-electron chi connectivity index (χ0n) is 26.2. The quantitative estimate of drug-likeness (QED) is 0.0976. The van der Waals surface area contributed by atoms with Gasteiger partial charge in [0.15, 0.2) is 5.78 Å². The lowest BCUT2D eigenvalue weighted by molar-refractivity contribution is -0.139. The number of amides is 5. The average Bonchev–Trinajstić information content (AvgIpc) is 3.21. The van der Waals surface area contributed by atoms with E-state index in [0.29, 0.717) is 52.8 Å². The van der Waals surface area contributed by atoms with Gasteiger partial charge in [0.25, 0.3) is 0 Å². The van der Waals surface area contributed by atoms with Gasteiger partial charge in [-0.25, -0.2) is 0 Å². The van der Waals surface area contributed by atoms with Crippen molar-refractivity contribution in [2.45, 2.75) is 59.4 Å². The Bertz CT molecular complexity index is 914. The molecule has 43 heavy (non-hydrogen) atoms. The Morgan fingerprint density at radius 3 is 1.91 bits per heavy atom. The topological polar surface area (TPSA) is 179 Å². The second-order valence-electron chi connectivity index (χ2n) is 10.8. The van der Waals surface area contributed by atoms with Gasteiger partial charge in [-0.2, -0.15) is 0 Å². The van der Waals surface area contributed by atoms with Gasteiger partial charge in [-0.05, 0) is 5.92 Å². The van der Waals surface area contributed by atoms with E-state index in [1.165, 1.54) is 7.05 Å². The highest BCUT2D eigenvalue weighted by atomic mass is 16.6. The van der Waals surface area contributed by atoms with E-state index >= 15 is 0 Å². The second kappa shape index (κ2) is 21.7. The largest absolute Gasteiger partial charge is 0.379 e. The number of ketones is 1. The van der Waals surface area contributed by atoms with Crippen molar-refractivity contribution in [3.8, 4) is 0 Å². The summed E-state index contributed by atoms with van der Waals surface area (Å²) in [5.41, 5.74) is 0. The summed E-state index contributed by atoms with van der Waals surface area (Å²) in [5, 5.41) is 7.96. The molecule has 0 saturated carbocycles. The molecule has 1 aliphatic rings. The molecule has 0 spiro atoms. The van der Waals surface area contributed by atoms with Crippen molar-refractivity contribution in [3.05, 3.63) is 0 Å². The maximum absolute atomic E-state index is 12.6. The van der Waals surface area contributed by atoms with Crippen molar-refractivity contribution in [1.29, 1.82) is 0 Å². The predicted octanol–water partition coefficient (Wildman–Crippen LogP) is -0.174. The molecule has 14 heteroatoms. The minimum atomic E-state index is -0.657. The van der Waals surface area contributed by atoms with Gasteiger partial charge >= 0.3 is 0 Å². The number of imide groups is 1. The maximum atomic E-state index is 12.6. The molecule has 3 N–H and O–H groups in total. The Balaban J connectivity index is 1.95. The summed E-state index contributed by atoms with van der Waals surface area (Å²) in [4.78, 5) is 73.1. The highest BCUT2D eigenvalue weighted by Crippen LogP contribution is 2.18. The van der Waals surface area contributed by atoms with Gasteiger partial charge < -0.3 is 34.9 Å². The first-order valence-electron chi connectivity index (χ1n) is 14.9. The number of likely N-dealkylation sites (tertiary alicyclic amines) is 1. The van der Waals surface area contributed by atoms with Gasteiger partial charge in [0.05, 0.1) is 58.9 Å². The monoisotopic (exact) mass is 614 g/mol. The lowest BCUT2D eigenvalue weighted by atomic mass is 9.93. The molecule has 1 heterocycles. The minimum absolute atomic E-state index is 0.0583. The van der Waals surface area contributed by atoms with Crippen molar-refractivity contribution in [1.82, 2.24) is 20.9 Å². The number of carbonyl (C=O) groups is 6. The lowest BCUT2D eigenvalue weighted by Gasteiger charge is -2.22. The Kier molecular flexibility index (Phi) is 19.2. The number of Topliss-reactive ketones (excluding diaryl/α,β-unsaturated/α-hetero) is 1. The van der Waals surface area contributed by atoms with Crippen molar-refractivity contribution in [3.63, 3.8) is 0 Å². The SMILES string of the molecule is CNC(=O)[C@H](C)CC(=O)[C@@H](NC(=O)CCOCCOCCOCCOCCNC(=O)CCN1C(=O)CC(C)C1=O)C(C)C. The van der Waals surface area contributed by atoms with E-state index in [-0.39, 0.29) is 86.0 Å². The Morgan fingerprint density at radius 1 is 0.837 bits per heavy atom. The van der Waals surface area contributed by atoms with Crippen LogP contribution in [0.15, 0.2) is 0 Å². The normalized spacial score (nSPS) is 16.3. The van der Waals surface area contributed by atoms with E-state index in [9.17, 15) is 28.8 Å². The zero-order valence-corrected chi connectivity index (χ0v) is 26.2. The molecule has 0 aliphatic carbocycles. The van der Waals surface area contributed by atoms with Crippen LogP contribution in [-0.4, -0.2) is 119 Å². The third kappa shape index (κ3) is 15.9. The summed E-state index contributed by atoms with van der Waals surface area (Å²) in [6.07, 6.45) is 0.432. The van der Waals surface area contributed by atoms with E-state index in [1.54, 1.807) is 13.8 Å². The van der Waals surface area contributed by atoms with Crippen LogP contribution in [0.25, 0.3) is 0 Å². The Morgan fingerprint density at radius 2 is 1.40 bits per heavy atom. The van der Waals surface area contributed by atoms with Crippen molar-refractivity contribution >= 4 is 35.3 Å². The van der Waals surface area contributed by atoms with E-state index in [1.807, 2.05) is 13.8 Å². The molecule has 1 saturated heterocycles. The molecule has 3 atom stereocenters. The zero-order chi connectivity index (χ0) is 32.2. The van der Waals surface area contributed by atoms with Crippen LogP contribution in [0.3, 0.4) is 0 Å². The van der Waals surface area contributed by atoms with Crippen LogP contribution in [0.5, 0.6) is 0 Å². The summed E-state index contributed by atoms with van der Waals surface area (Å²) in [5.74, 6) is -2.27. The van der Waals surface area contributed by atoms with Crippen LogP contribution in [-0.2, 0) is 47.7 Å². The Hall–Kier alpha value is -2.94. The molecule has 5 amide bonds. The van der Waals surface area contributed by atoms with Gasteiger partial charge in [0, 0.05) is 57.7 Å². The van der Waals surface area contributed by atoms with Gasteiger partial charge in [0.1, 0.15) is 0 Å². The van der Waals surface area contributed by atoms with E-state index in [0.717, 1.165) is 4.90 Å². The third-order valence-corrected chi connectivity index (χ3v) is 6.72. The molecule has 0 radical (unpaired) electrons. The summed E-state index contributed by atoms with van der Waals surface area (Å²) in [7, 11) is 1.52.